The molecule has 32 heavy (non-hydrogen) atoms. The lowest BCUT2D eigenvalue weighted by Crippen LogP contribution is -2.66. The van der Waals surface area contributed by atoms with Crippen LogP contribution >= 0.6 is 0 Å². The molecular formula is C20H40O12. The van der Waals surface area contributed by atoms with Gasteiger partial charge in [-0.05, 0) is 0 Å². The van der Waals surface area contributed by atoms with E-state index in [-0.39, 0.29) is 18.7 Å². The van der Waals surface area contributed by atoms with Crippen molar-refractivity contribution in [1.29, 1.82) is 0 Å². The molecular weight excluding hydrogens is 432 g/mol. The third-order valence-electron chi connectivity index (χ3n) is 5.73. The molecule has 8 unspecified atom stereocenters. The summed E-state index contributed by atoms with van der Waals surface area (Å²) < 4.78 is 63.2. The molecule has 12 heteroatoms. The highest BCUT2D eigenvalue weighted by Crippen LogP contribution is 2.33. The molecule has 0 aromatic carbocycles. The quantitative estimate of drug-likeness (QED) is 0.347. The normalized spacial score (nSPS) is 40.1. The van der Waals surface area contributed by atoms with Crippen LogP contribution in [0.1, 0.15) is 0 Å². The van der Waals surface area contributed by atoms with Crippen LogP contribution in [0.15, 0.2) is 0 Å². The standard InChI is InChI=1S/C20H38O11.H2O/c1-21-9-11-13(23-3)15(24-4)18(27-7)20(30-11)31-14-12(10-22-2)29-19(28-8)17(26-6)16(14)25-5;/h11-20H,9-10H2,1-8H3;1H2/t11?,12?,13?,14-,15?,16?,17?,18?,19?,20-;/m0./s1. The third-order valence-corrected chi connectivity index (χ3v) is 5.73. The second-order valence-electron chi connectivity index (χ2n) is 7.33. The molecule has 2 N–H and O–H groups in total. The first-order valence-corrected chi connectivity index (χ1v) is 10.2. The number of hydrogen-bond donors (Lipinski definition) is 0. The van der Waals surface area contributed by atoms with E-state index in [9.17, 15) is 0 Å². The Labute approximate surface area is 189 Å². The highest BCUT2D eigenvalue weighted by molar-refractivity contribution is 4.96. The van der Waals surface area contributed by atoms with E-state index in [2.05, 4.69) is 0 Å². The van der Waals surface area contributed by atoms with E-state index >= 15 is 0 Å². The van der Waals surface area contributed by atoms with Gasteiger partial charge < -0.3 is 57.6 Å². The van der Waals surface area contributed by atoms with Crippen molar-refractivity contribution in [1.82, 2.24) is 0 Å². The van der Waals surface area contributed by atoms with Crippen molar-refractivity contribution in [3.63, 3.8) is 0 Å². The Morgan fingerprint density at radius 2 is 0.875 bits per heavy atom. The second-order valence-corrected chi connectivity index (χ2v) is 7.33. The summed E-state index contributed by atoms with van der Waals surface area (Å²) in [5, 5.41) is 0. The first-order chi connectivity index (χ1) is 15.0. The highest BCUT2D eigenvalue weighted by Gasteiger charge is 2.53. The van der Waals surface area contributed by atoms with Crippen LogP contribution in [0, 0.1) is 0 Å². The lowest BCUT2D eigenvalue weighted by Gasteiger charge is -2.49. The molecule has 2 fully saturated rings. The van der Waals surface area contributed by atoms with Gasteiger partial charge in [0.2, 0.25) is 0 Å². The summed E-state index contributed by atoms with van der Waals surface area (Å²) in [6.07, 6.45) is -5.50. The van der Waals surface area contributed by atoms with Gasteiger partial charge in [-0.25, -0.2) is 0 Å². The average Bonchev–Trinajstić information content (AvgIpc) is 2.79. The first-order valence-electron chi connectivity index (χ1n) is 10.2. The predicted octanol–water partition coefficient (Wildman–Crippen LogP) is -0.989. The van der Waals surface area contributed by atoms with E-state index < -0.39 is 61.4 Å². The molecule has 0 spiro atoms. The van der Waals surface area contributed by atoms with Crippen molar-refractivity contribution >= 4 is 0 Å². The van der Waals surface area contributed by atoms with Crippen molar-refractivity contribution in [2.24, 2.45) is 0 Å². The van der Waals surface area contributed by atoms with E-state index in [0.29, 0.717) is 0 Å². The van der Waals surface area contributed by atoms with Crippen LogP contribution in [0.4, 0.5) is 0 Å². The zero-order chi connectivity index (χ0) is 23.0. The lowest BCUT2D eigenvalue weighted by molar-refractivity contribution is -0.365. The van der Waals surface area contributed by atoms with Gasteiger partial charge in [-0.1, -0.05) is 0 Å². The molecule has 10 atom stereocenters. The van der Waals surface area contributed by atoms with Gasteiger partial charge in [-0.3, -0.25) is 0 Å². The fourth-order valence-corrected chi connectivity index (χ4v) is 4.29. The van der Waals surface area contributed by atoms with Crippen LogP contribution in [0.5, 0.6) is 0 Å². The maximum Gasteiger partial charge on any atom is 0.187 e. The van der Waals surface area contributed by atoms with Gasteiger partial charge in [0.05, 0.1) is 13.2 Å². The van der Waals surface area contributed by atoms with Crippen LogP contribution in [0.25, 0.3) is 0 Å². The molecule has 2 aliphatic rings. The summed E-state index contributed by atoms with van der Waals surface area (Å²) in [4.78, 5) is 0. The average molecular weight is 473 g/mol. The van der Waals surface area contributed by atoms with Crippen LogP contribution < -0.4 is 0 Å². The smallest absolute Gasteiger partial charge is 0.187 e. The minimum Gasteiger partial charge on any atom is -0.412 e. The topological polar surface area (TPSA) is 133 Å². The minimum atomic E-state index is -0.816. The third kappa shape index (κ3) is 6.34. The van der Waals surface area contributed by atoms with Gasteiger partial charge in [0.25, 0.3) is 0 Å². The van der Waals surface area contributed by atoms with Gasteiger partial charge in [-0.2, -0.15) is 0 Å². The highest BCUT2D eigenvalue weighted by atomic mass is 16.8. The van der Waals surface area contributed by atoms with Crippen LogP contribution in [0.2, 0.25) is 0 Å². The van der Waals surface area contributed by atoms with E-state index in [1.807, 2.05) is 0 Å². The number of hydrogen-bond acceptors (Lipinski definition) is 11. The van der Waals surface area contributed by atoms with Crippen molar-refractivity contribution < 1.29 is 57.6 Å². The molecule has 0 aromatic heterocycles. The summed E-state index contributed by atoms with van der Waals surface area (Å²) in [5.74, 6) is 0. The van der Waals surface area contributed by atoms with E-state index in [1.165, 1.54) is 0 Å². The lowest BCUT2D eigenvalue weighted by atomic mass is 9.96. The predicted molar refractivity (Wildman–Crippen MR) is 111 cm³/mol. The molecule has 2 heterocycles. The molecule has 0 radical (unpaired) electrons. The SMILES string of the molecule is COCC1O[C@@H](O[C@H]2C(COC)OC(OC)C(OC)C2OC)C(OC)C(OC)C1OC.O. The first kappa shape index (κ1) is 29.6. The Morgan fingerprint density at radius 3 is 1.31 bits per heavy atom. The monoisotopic (exact) mass is 472 g/mol. The van der Waals surface area contributed by atoms with Gasteiger partial charge in [0.1, 0.15) is 48.8 Å². The molecule has 0 aromatic rings. The molecule has 2 rings (SSSR count). The Bertz CT molecular complexity index is 497. The zero-order valence-corrected chi connectivity index (χ0v) is 20.2. The van der Waals surface area contributed by atoms with Crippen molar-refractivity contribution in [2.75, 3.05) is 70.1 Å². The van der Waals surface area contributed by atoms with E-state index in [1.54, 1.807) is 56.9 Å². The summed E-state index contributed by atoms with van der Waals surface area (Å²) in [5.41, 5.74) is 0. The molecule has 0 amide bonds. The van der Waals surface area contributed by atoms with Gasteiger partial charge in [0, 0.05) is 56.9 Å². The Morgan fingerprint density at radius 1 is 0.469 bits per heavy atom. The zero-order valence-electron chi connectivity index (χ0n) is 20.2. The number of ether oxygens (including phenoxy) is 11. The minimum absolute atomic E-state index is 0. The van der Waals surface area contributed by atoms with Crippen molar-refractivity contribution in [3.05, 3.63) is 0 Å². The van der Waals surface area contributed by atoms with Crippen LogP contribution in [0.3, 0.4) is 0 Å². The van der Waals surface area contributed by atoms with Crippen LogP contribution in [-0.4, -0.2) is 137 Å². The van der Waals surface area contributed by atoms with Gasteiger partial charge in [0.15, 0.2) is 12.6 Å². The van der Waals surface area contributed by atoms with E-state index in [0.717, 1.165) is 0 Å². The molecule has 0 aliphatic carbocycles. The molecule has 12 nitrogen and oxygen atoms in total. The summed E-state index contributed by atoms with van der Waals surface area (Å²) in [7, 11) is 12.6. The fourth-order valence-electron chi connectivity index (χ4n) is 4.29. The molecule has 192 valence electrons. The molecule has 2 saturated heterocycles. The van der Waals surface area contributed by atoms with Gasteiger partial charge in [-0.15, -0.1) is 0 Å². The largest absolute Gasteiger partial charge is 0.412 e. The van der Waals surface area contributed by atoms with Gasteiger partial charge >= 0.3 is 0 Å². The fraction of sp³-hybridized carbons (Fsp3) is 1.00. The Balaban J connectivity index is 0.00000512. The Hall–Kier alpha value is -0.480. The molecule has 0 bridgehead atoms. The van der Waals surface area contributed by atoms with Crippen molar-refractivity contribution in [2.45, 2.75) is 61.4 Å². The molecule has 2 aliphatic heterocycles. The summed E-state index contributed by atoms with van der Waals surface area (Å²) in [6, 6.07) is 0. The summed E-state index contributed by atoms with van der Waals surface area (Å²) in [6.45, 7) is 0.540. The maximum absolute atomic E-state index is 6.43. The number of rotatable bonds is 12. The maximum atomic E-state index is 6.43. The van der Waals surface area contributed by atoms with Crippen LogP contribution in [-0.2, 0) is 52.1 Å². The summed E-state index contributed by atoms with van der Waals surface area (Å²) >= 11 is 0. The molecule has 0 saturated carbocycles. The second kappa shape index (κ2) is 14.7. The number of methoxy groups -OCH3 is 8. The van der Waals surface area contributed by atoms with E-state index in [4.69, 9.17) is 52.1 Å². The Kier molecular flexibility index (Phi) is 13.6. The van der Waals surface area contributed by atoms with Crippen molar-refractivity contribution in [3.8, 4) is 0 Å².